The highest BCUT2D eigenvalue weighted by Crippen LogP contribution is 2.14. The van der Waals surface area contributed by atoms with E-state index in [1.165, 1.54) is 11.3 Å². The van der Waals surface area contributed by atoms with E-state index in [1.807, 2.05) is 30.3 Å². The number of hydrogen-bond donors (Lipinski definition) is 1. The Morgan fingerprint density at radius 3 is 2.95 bits per heavy atom. The van der Waals surface area contributed by atoms with Gasteiger partial charge in [0.25, 0.3) is 0 Å². The molecule has 2 heterocycles. The molecule has 0 unspecified atom stereocenters. The smallest absolute Gasteiger partial charge is 0.234 e. The van der Waals surface area contributed by atoms with E-state index < -0.39 is 0 Å². The maximum absolute atomic E-state index is 11.8. The summed E-state index contributed by atoms with van der Waals surface area (Å²) in [7, 11) is 0. The minimum absolute atomic E-state index is 0.0165. The molecule has 0 radical (unpaired) electrons. The van der Waals surface area contributed by atoms with Crippen molar-refractivity contribution in [3.05, 3.63) is 41.7 Å². The first-order valence-corrected chi connectivity index (χ1v) is 6.63. The molecule has 0 spiro atoms. The molecule has 3 aromatic rings. The van der Waals surface area contributed by atoms with Gasteiger partial charge in [0.2, 0.25) is 10.9 Å². The lowest BCUT2D eigenvalue weighted by molar-refractivity contribution is -0.116. The van der Waals surface area contributed by atoms with Crippen LogP contribution in [0.3, 0.4) is 0 Å². The third-order valence-corrected chi connectivity index (χ3v) is 3.52. The van der Waals surface area contributed by atoms with Crippen LogP contribution < -0.4 is 5.32 Å². The first-order valence-electron chi connectivity index (χ1n) is 5.82. The van der Waals surface area contributed by atoms with Gasteiger partial charge in [0, 0.05) is 18.5 Å². The number of nitrogens with one attached hydrogen (secondary N) is 1. The highest BCUT2D eigenvalue weighted by atomic mass is 32.1. The lowest BCUT2D eigenvalue weighted by Crippen LogP contribution is -2.12. The molecule has 0 saturated heterocycles. The van der Waals surface area contributed by atoms with Gasteiger partial charge in [0.15, 0.2) is 0 Å². The summed E-state index contributed by atoms with van der Waals surface area (Å²) in [5.41, 5.74) is 0.811. The molecule has 1 amide bonds. The van der Waals surface area contributed by atoms with E-state index in [-0.39, 0.29) is 5.91 Å². The van der Waals surface area contributed by atoms with Crippen molar-refractivity contribution in [2.75, 3.05) is 5.32 Å². The second-order valence-corrected chi connectivity index (χ2v) is 5.01. The van der Waals surface area contributed by atoms with Gasteiger partial charge in [-0.25, -0.2) is 0 Å². The lowest BCUT2D eigenvalue weighted by atomic mass is 10.3. The van der Waals surface area contributed by atoms with Crippen molar-refractivity contribution >= 4 is 27.9 Å². The van der Waals surface area contributed by atoms with Crippen molar-refractivity contribution in [1.29, 1.82) is 0 Å². The molecule has 0 aliphatic carbocycles. The Balaban J connectivity index is 1.57. The van der Waals surface area contributed by atoms with Crippen LogP contribution in [0.15, 0.2) is 36.7 Å². The number of carbonyl (C=O) groups is 1. The highest BCUT2D eigenvalue weighted by molar-refractivity contribution is 7.16. The van der Waals surface area contributed by atoms with Gasteiger partial charge in [-0.3, -0.25) is 4.79 Å². The molecule has 6 nitrogen and oxygen atoms in total. The Hall–Kier alpha value is -2.28. The molecule has 2 aromatic heterocycles. The number of hydrogen-bond acceptors (Lipinski definition) is 5. The molecule has 0 fully saturated rings. The molecule has 0 atom stereocenters. The molecular weight excluding hydrogens is 262 g/mol. The highest BCUT2D eigenvalue weighted by Gasteiger charge is 2.08. The van der Waals surface area contributed by atoms with Crippen molar-refractivity contribution < 1.29 is 4.79 Å². The minimum atomic E-state index is -0.0165. The predicted molar refractivity (Wildman–Crippen MR) is 72.1 cm³/mol. The number of amides is 1. The van der Waals surface area contributed by atoms with E-state index >= 15 is 0 Å². The van der Waals surface area contributed by atoms with E-state index in [4.69, 9.17) is 0 Å². The number of carbonyl (C=O) groups excluding carboxylic acids is 1. The summed E-state index contributed by atoms with van der Waals surface area (Å²) >= 11 is 1.45. The Kier molecular flexibility index (Phi) is 3.20. The van der Waals surface area contributed by atoms with Gasteiger partial charge in [-0.2, -0.15) is 9.61 Å². The van der Waals surface area contributed by atoms with Crippen LogP contribution in [-0.2, 0) is 11.2 Å². The summed E-state index contributed by atoms with van der Waals surface area (Å²) in [5.74, 6) is -0.0165. The molecule has 19 heavy (non-hydrogen) atoms. The number of benzene rings is 1. The fraction of sp³-hybridized carbons (Fsp3) is 0.167. The maximum atomic E-state index is 11.8. The monoisotopic (exact) mass is 273 g/mol. The zero-order valence-electron chi connectivity index (χ0n) is 9.98. The molecule has 3 rings (SSSR count). The van der Waals surface area contributed by atoms with E-state index in [9.17, 15) is 4.79 Å². The van der Waals surface area contributed by atoms with Crippen LogP contribution in [0.4, 0.5) is 5.69 Å². The van der Waals surface area contributed by atoms with Crippen molar-refractivity contribution in [1.82, 2.24) is 19.8 Å². The molecular formula is C12H11N5OS. The number of anilines is 1. The molecule has 0 aliphatic rings. The van der Waals surface area contributed by atoms with E-state index in [0.717, 1.165) is 15.7 Å². The van der Waals surface area contributed by atoms with Crippen LogP contribution in [0.1, 0.15) is 11.4 Å². The standard InChI is InChI=1S/C12H11N5OS/c18-10(14-9-4-2-1-3-5-9)6-7-11-16-17-8-13-15-12(17)19-11/h1-5,8H,6-7H2,(H,14,18). The van der Waals surface area contributed by atoms with Gasteiger partial charge in [0.1, 0.15) is 11.3 Å². The zero-order chi connectivity index (χ0) is 13.1. The Morgan fingerprint density at radius 2 is 2.16 bits per heavy atom. The summed E-state index contributed by atoms with van der Waals surface area (Å²) < 4.78 is 1.62. The number of aromatic nitrogens is 4. The fourth-order valence-corrected chi connectivity index (χ4v) is 2.48. The Labute approximate surface area is 113 Å². The molecule has 1 aromatic carbocycles. The summed E-state index contributed by atoms with van der Waals surface area (Å²) in [6.45, 7) is 0. The number of nitrogens with zero attached hydrogens (tertiary/aromatic N) is 4. The van der Waals surface area contributed by atoms with E-state index in [0.29, 0.717) is 12.8 Å². The Bertz CT molecular complexity index is 662. The van der Waals surface area contributed by atoms with E-state index in [2.05, 4.69) is 20.6 Å². The summed E-state index contributed by atoms with van der Waals surface area (Å²) in [5, 5.41) is 15.6. The zero-order valence-corrected chi connectivity index (χ0v) is 10.8. The minimum Gasteiger partial charge on any atom is -0.326 e. The van der Waals surface area contributed by atoms with Crippen LogP contribution in [0, 0.1) is 0 Å². The lowest BCUT2D eigenvalue weighted by Gasteiger charge is -2.03. The Morgan fingerprint density at radius 1 is 1.32 bits per heavy atom. The third-order valence-electron chi connectivity index (χ3n) is 2.55. The summed E-state index contributed by atoms with van der Waals surface area (Å²) in [6.07, 6.45) is 2.56. The molecule has 0 bridgehead atoms. The average molecular weight is 273 g/mol. The van der Waals surface area contributed by atoms with Crippen LogP contribution >= 0.6 is 11.3 Å². The van der Waals surface area contributed by atoms with Crippen molar-refractivity contribution in [3.63, 3.8) is 0 Å². The summed E-state index contributed by atoms with van der Waals surface area (Å²) in [4.78, 5) is 12.5. The largest absolute Gasteiger partial charge is 0.326 e. The van der Waals surface area contributed by atoms with Crippen LogP contribution in [0.5, 0.6) is 0 Å². The second kappa shape index (κ2) is 5.15. The molecule has 0 saturated carbocycles. The second-order valence-electron chi connectivity index (χ2n) is 3.97. The van der Waals surface area contributed by atoms with Crippen molar-refractivity contribution in [2.45, 2.75) is 12.8 Å². The van der Waals surface area contributed by atoms with Crippen LogP contribution in [0.25, 0.3) is 4.96 Å². The van der Waals surface area contributed by atoms with Gasteiger partial charge < -0.3 is 5.32 Å². The number of para-hydroxylation sites is 1. The SMILES string of the molecule is O=C(CCc1nn2cnnc2s1)Nc1ccccc1. The number of rotatable bonds is 4. The fourth-order valence-electron chi connectivity index (χ4n) is 1.67. The molecule has 96 valence electrons. The maximum Gasteiger partial charge on any atom is 0.234 e. The van der Waals surface area contributed by atoms with Crippen LogP contribution in [0.2, 0.25) is 0 Å². The predicted octanol–water partition coefficient (Wildman–Crippen LogP) is 1.76. The molecule has 0 aliphatic heterocycles. The number of aryl methyl sites for hydroxylation is 1. The van der Waals surface area contributed by atoms with Crippen molar-refractivity contribution in [3.8, 4) is 0 Å². The van der Waals surface area contributed by atoms with Gasteiger partial charge in [-0.15, -0.1) is 10.2 Å². The topological polar surface area (TPSA) is 72.2 Å². The molecule has 1 N–H and O–H groups in total. The number of fused-ring (bicyclic) bond motifs is 1. The van der Waals surface area contributed by atoms with Gasteiger partial charge >= 0.3 is 0 Å². The van der Waals surface area contributed by atoms with Gasteiger partial charge in [0.05, 0.1) is 0 Å². The van der Waals surface area contributed by atoms with E-state index in [1.54, 1.807) is 10.8 Å². The normalized spacial score (nSPS) is 10.7. The van der Waals surface area contributed by atoms with Crippen LogP contribution in [-0.4, -0.2) is 25.7 Å². The average Bonchev–Trinajstić information content (AvgIpc) is 2.98. The summed E-state index contributed by atoms with van der Waals surface area (Å²) in [6, 6.07) is 9.41. The first-order chi connectivity index (χ1) is 9.31. The third kappa shape index (κ3) is 2.76. The molecule has 7 heteroatoms. The van der Waals surface area contributed by atoms with Gasteiger partial charge in [-0.05, 0) is 12.1 Å². The van der Waals surface area contributed by atoms with Gasteiger partial charge in [-0.1, -0.05) is 29.5 Å². The quantitative estimate of drug-likeness (QED) is 0.786. The first kappa shape index (κ1) is 11.8. The van der Waals surface area contributed by atoms with Crippen molar-refractivity contribution in [2.24, 2.45) is 0 Å².